The van der Waals surface area contributed by atoms with E-state index in [2.05, 4.69) is 16.7 Å². The third kappa shape index (κ3) is 3.45. The third-order valence-corrected chi connectivity index (χ3v) is 4.21. The van der Waals surface area contributed by atoms with Gasteiger partial charge in [-0.3, -0.25) is 0 Å². The lowest BCUT2D eigenvalue weighted by molar-refractivity contribution is 0.134. The predicted octanol–water partition coefficient (Wildman–Crippen LogP) is 3.73. The van der Waals surface area contributed by atoms with Gasteiger partial charge in [-0.1, -0.05) is 17.7 Å². The number of urea groups is 1. The van der Waals surface area contributed by atoms with Crippen molar-refractivity contribution in [1.82, 2.24) is 5.32 Å². The minimum absolute atomic E-state index is 0.100. The Morgan fingerprint density at radius 3 is 2.90 bits per heavy atom. The third-order valence-electron chi connectivity index (χ3n) is 4.21. The number of rotatable bonds is 3. The molecule has 2 amide bonds. The van der Waals surface area contributed by atoms with E-state index in [4.69, 9.17) is 4.74 Å². The zero-order chi connectivity index (χ0) is 14.7. The largest absolute Gasteiger partial charge is 0.372 e. The molecule has 2 N–H and O–H groups in total. The second-order valence-corrected chi connectivity index (χ2v) is 5.82. The molecule has 4 heteroatoms. The number of anilines is 1. The summed E-state index contributed by atoms with van der Waals surface area (Å²) in [4.78, 5) is 12.1. The van der Waals surface area contributed by atoms with Crippen LogP contribution in [-0.4, -0.2) is 12.1 Å². The van der Waals surface area contributed by atoms with E-state index in [1.165, 1.54) is 24.0 Å². The first kappa shape index (κ1) is 14.1. The molecule has 0 saturated heterocycles. The van der Waals surface area contributed by atoms with Crippen LogP contribution in [0.15, 0.2) is 29.8 Å². The van der Waals surface area contributed by atoms with Gasteiger partial charge in [0.2, 0.25) is 0 Å². The van der Waals surface area contributed by atoms with Crippen molar-refractivity contribution >= 4 is 11.7 Å². The highest BCUT2D eigenvalue weighted by molar-refractivity contribution is 5.89. The molecule has 1 aromatic rings. The summed E-state index contributed by atoms with van der Waals surface area (Å²) < 4.78 is 5.38. The smallest absolute Gasteiger partial charge is 0.319 e. The highest BCUT2D eigenvalue weighted by atomic mass is 16.5. The van der Waals surface area contributed by atoms with E-state index in [0.29, 0.717) is 13.2 Å². The average molecular weight is 286 g/mol. The number of amides is 2. The van der Waals surface area contributed by atoms with Gasteiger partial charge in [-0.05, 0) is 55.9 Å². The summed E-state index contributed by atoms with van der Waals surface area (Å²) in [6, 6.07) is 5.89. The Morgan fingerprint density at radius 2 is 2.10 bits per heavy atom. The zero-order valence-electron chi connectivity index (χ0n) is 12.4. The Bertz CT molecular complexity index is 566. The van der Waals surface area contributed by atoms with E-state index in [1.54, 1.807) is 0 Å². The van der Waals surface area contributed by atoms with Gasteiger partial charge in [0.25, 0.3) is 0 Å². The Hall–Kier alpha value is -1.81. The van der Waals surface area contributed by atoms with Crippen LogP contribution in [0, 0.1) is 0 Å². The molecule has 21 heavy (non-hydrogen) atoms. The first-order valence-corrected chi connectivity index (χ1v) is 7.68. The van der Waals surface area contributed by atoms with Gasteiger partial charge in [-0.15, -0.1) is 0 Å². The molecule has 0 radical (unpaired) electrons. The van der Waals surface area contributed by atoms with Crippen molar-refractivity contribution in [1.29, 1.82) is 0 Å². The number of carbonyl (C=O) groups is 1. The normalized spacial score (nSPS) is 18.6. The van der Waals surface area contributed by atoms with Crippen molar-refractivity contribution in [3.8, 4) is 0 Å². The molecule has 0 spiro atoms. The van der Waals surface area contributed by atoms with Crippen molar-refractivity contribution in [2.45, 2.75) is 51.9 Å². The summed E-state index contributed by atoms with van der Waals surface area (Å²) in [6.45, 7) is 3.36. The average Bonchev–Trinajstić information content (AvgIpc) is 2.95. The van der Waals surface area contributed by atoms with E-state index >= 15 is 0 Å². The van der Waals surface area contributed by atoms with Gasteiger partial charge in [0.15, 0.2) is 0 Å². The molecular formula is C17H22N2O2. The van der Waals surface area contributed by atoms with E-state index in [-0.39, 0.29) is 12.1 Å². The summed E-state index contributed by atoms with van der Waals surface area (Å²) in [7, 11) is 0. The van der Waals surface area contributed by atoms with Gasteiger partial charge >= 0.3 is 6.03 Å². The van der Waals surface area contributed by atoms with Gasteiger partial charge in [0.1, 0.15) is 0 Å². The number of hydrogen-bond acceptors (Lipinski definition) is 2. The molecule has 1 aliphatic carbocycles. The quantitative estimate of drug-likeness (QED) is 0.832. The second kappa shape index (κ2) is 6.31. The lowest BCUT2D eigenvalue weighted by Gasteiger charge is -2.21. The fourth-order valence-electron chi connectivity index (χ4n) is 2.96. The van der Waals surface area contributed by atoms with Crippen LogP contribution < -0.4 is 10.6 Å². The monoisotopic (exact) mass is 286 g/mol. The number of nitrogens with one attached hydrogen (secondary N) is 2. The molecule has 0 bridgehead atoms. The molecule has 1 aromatic carbocycles. The van der Waals surface area contributed by atoms with Gasteiger partial charge in [-0.2, -0.15) is 0 Å². The maximum absolute atomic E-state index is 12.1. The highest BCUT2D eigenvalue weighted by Gasteiger charge is 2.15. The Labute approximate surface area is 125 Å². The van der Waals surface area contributed by atoms with E-state index in [0.717, 1.165) is 24.1 Å². The number of hydrogen-bond donors (Lipinski definition) is 2. The number of allylic oxidation sites excluding steroid dienone is 1. The Morgan fingerprint density at radius 1 is 1.24 bits per heavy atom. The van der Waals surface area contributed by atoms with Crippen molar-refractivity contribution in [3.63, 3.8) is 0 Å². The van der Waals surface area contributed by atoms with Crippen LogP contribution in [0.5, 0.6) is 0 Å². The van der Waals surface area contributed by atoms with Crippen molar-refractivity contribution in [2.24, 2.45) is 0 Å². The maximum atomic E-state index is 12.1. The Balaban J connectivity index is 1.57. The summed E-state index contributed by atoms with van der Waals surface area (Å²) in [5.74, 6) is 0. The molecule has 2 aliphatic rings. The molecule has 0 saturated carbocycles. The molecule has 4 nitrogen and oxygen atoms in total. The first-order valence-electron chi connectivity index (χ1n) is 7.68. The van der Waals surface area contributed by atoms with E-state index < -0.39 is 0 Å². The van der Waals surface area contributed by atoms with Crippen LogP contribution in [0.25, 0.3) is 0 Å². The molecule has 0 unspecified atom stereocenters. The van der Waals surface area contributed by atoms with Gasteiger partial charge < -0.3 is 15.4 Å². The SMILES string of the molecule is C[C@@H](NC(=O)Nc1ccc2c(c1)COC2)C1=CCCCC1. The Kier molecular flexibility index (Phi) is 4.25. The van der Waals surface area contributed by atoms with Crippen molar-refractivity contribution in [2.75, 3.05) is 5.32 Å². The van der Waals surface area contributed by atoms with E-state index in [1.807, 2.05) is 25.1 Å². The number of carbonyl (C=O) groups excluding carboxylic acids is 1. The van der Waals surface area contributed by atoms with Crippen LogP contribution in [0.4, 0.5) is 10.5 Å². The maximum Gasteiger partial charge on any atom is 0.319 e. The van der Waals surface area contributed by atoms with Crippen LogP contribution in [-0.2, 0) is 18.0 Å². The van der Waals surface area contributed by atoms with Gasteiger partial charge in [0, 0.05) is 11.7 Å². The van der Waals surface area contributed by atoms with Gasteiger partial charge in [-0.25, -0.2) is 4.79 Å². The standard InChI is InChI=1S/C17H22N2O2/c1-12(13-5-3-2-4-6-13)18-17(20)19-16-8-7-14-10-21-11-15(14)9-16/h5,7-9,12H,2-4,6,10-11H2,1H3,(H2,18,19,20)/t12-/m1/s1. The van der Waals surface area contributed by atoms with Crippen LogP contribution in [0.3, 0.4) is 0 Å². The summed E-state index contributed by atoms with van der Waals surface area (Å²) in [5.41, 5.74) is 4.54. The summed E-state index contributed by atoms with van der Waals surface area (Å²) in [5, 5.41) is 5.93. The van der Waals surface area contributed by atoms with Crippen LogP contribution in [0.2, 0.25) is 0 Å². The summed E-state index contributed by atoms with van der Waals surface area (Å²) in [6.07, 6.45) is 6.98. The molecule has 0 fully saturated rings. The molecule has 1 heterocycles. The predicted molar refractivity (Wildman–Crippen MR) is 83.1 cm³/mol. The van der Waals surface area contributed by atoms with Crippen LogP contribution >= 0.6 is 0 Å². The fourth-order valence-corrected chi connectivity index (χ4v) is 2.96. The van der Waals surface area contributed by atoms with Crippen molar-refractivity contribution < 1.29 is 9.53 Å². The van der Waals surface area contributed by atoms with E-state index in [9.17, 15) is 4.79 Å². The second-order valence-electron chi connectivity index (χ2n) is 5.82. The lowest BCUT2D eigenvalue weighted by Crippen LogP contribution is -2.37. The van der Waals surface area contributed by atoms with Crippen LogP contribution in [0.1, 0.15) is 43.7 Å². The number of benzene rings is 1. The van der Waals surface area contributed by atoms with Gasteiger partial charge in [0.05, 0.1) is 13.2 Å². The molecule has 1 atom stereocenters. The molecule has 0 aromatic heterocycles. The van der Waals surface area contributed by atoms with Crippen molar-refractivity contribution in [3.05, 3.63) is 41.0 Å². The number of ether oxygens (including phenoxy) is 1. The highest BCUT2D eigenvalue weighted by Crippen LogP contribution is 2.23. The minimum atomic E-state index is -0.146. The molecule has 112 valence electrons. The number of fused-ring (bicyclic) bond motifs is 1. The molecule has 3 rings (SSSR count). The fraction of sp³-hybridized carbons (Fsp3) is 0.471. The summed E-state index contributed by atoms with van der Waals surface area (Å²) >= 11 is 0. The topological polar surface area (TPSA) is 50.4 Å². The molecule has 1 aliphatic heterocycles. The minimum Gasteiger partial charge on any atom is -0.372 e. The zero-order valence-corrected chi connectivity index (χ0v) is 12.4. The lowest BCUT2D eigenvalue weighted by atomic mass is 9.95. The molecular weight excluding hydrogens is 264 g/mol. The first-order chi connectivity index (χ1) is 10.2.